The van der Waals surface area contributed by atoms with Gasteiger partial charge in [-0.1, -0.05) is 30.7 Å². The minimum absolute atomic E-state index is 0.130. The average molecular weight is 318 g/mol. The molecule has 0 radical (unpaired) electrons. The van der Waals surface area contributed by atoms with Crippen molar-refractivity contribution in [2.75, 3.05) is 13.2 Å². The standard InChI is InChI=1S/C18H26N2O3/c1-2-23-17(21)10-4-3-7-11-20-13-15-9-6-5-8-14(15)12-16(20)18(19)22/h5-6,8-9,16H,2-4,7,10-13H2,1H3,(H2,19,22)/t16-/m0/s1. The molecule has 2 N–H and O–H groups in total. The van der Waals surface area contributed by atoms with E-state index in [4.69, 9.17) is 10.5 Å². The lowest BCUT2D eigenvalue weighted by Gasteiger charge is -2.35. The number of hydrogen-bond donors (Lipinski definition) is 1. The molecule has 0 aliphatic carbocycles. The molecule has 0 fully saturated rings. The second-order valence-electron chi connectivity index (χ2n) is 5.98. The van der Waals surface area contributed by atoms with Gasteiger partial charge in [0.2, 0.25) is 5.91 Å². The summed E-state index contributed by atoms with van der Waals surface area (Å²) in [7, 11) is 0. The maximum Gasteiger partial charge on any atom is 0.305 e. The topological polar surface area (TPSA) is 72.6 Å². The van der Waals surface area contributed by atoms with Gasteiger partial charge in [0.25, 0.3) is 0 Å². The average Bonchev–Trinajstić information content (AvgIpc) is 2.54. The molecule has 0 bridgehead atoms. The first-order valence-corrected chi connectivity index (χ1v) is 8.37. The number of nitrogens with two attached hydrogens (primary N) is 1. The number of primary amides is 1. The monoisotopic (exact) mass is 318 g/mol. The van der Waals surface area contributed by atoms with Crippen LogP contribution in [-0.2, 0) is 27.3 Å². The summed E-state index contributed by atoms with van der Waals surface area (Å²) < 4.78 is 4.92. The van der Waals surface area contributed by atoms with Crippen molar-refractivity contribution in [1.82, 2.24) is 4.90 Å². The number of amides is 1. The van der Waals surface area contributed by atoms with Crippen LogP contribution in [0.2, 0.25) is 0 Å². The van der Waals surface area contributed by atoms with Crippen LogP contribution in [0, 0.1) is 0 Å². The minimum Gasteiger partial charge on any atom is -0.466 e. The van der Waals surface area contributed by atoms with Crippen LogP contribution >= 0.6 is 0 Å². The molecule has 1 aromatic rings. The molecule has 0 spiro atoms. The number of fused-ring (bicyclic) bond motifs is 1. The first kappa shape index (κ1) is 17.5. The molecule has 126 valence electrons. The first-order valence-electron chi connectivity index (χ1n) is 8.37. The van der Waals surface area contributed by atoms with E-state index in [1.54, 1.807) is 0 Å². The molecule has 1 aliphatic heterocycles. The Morgan fingerprint density at radius 3 is 2.65 bits per heavy atom. The molecule has 1 aliphatic rings. The number of carbonyl (C=O) groups excluding carboxylic acids is 2. The van der Waals surface area contributed by atoms with Crippen LogP contribution in [-0.4, -0.2) is 36.0 Å². The summed E-state index contributed by atoms with van der Waals surface area (Å²) in [6.45, 7) is 3.84. The Balaban J connectivity index is 1.81. The Morgan fingerprint density at radius 2 is 1.96 bits per heavy atom. The zero-order chi connectivity index (χ0) is 16.7. The van der Waals surface area contributed by atoms with Gasteiger partial charge in [-0.05, 0) is 43.9 Å². The smallest absolute Gasteiger partial charge is 0.305 e. The van der Waals surface area contributed by atoms with Gasteiger partial charge in [0.1, 0.15) is 0 Å². The Bertz CT molecular complexity index is 545. The Hall–Kier alpha value is -1.88. The normalized spacial score (nSPS) is 17.5. The van der Waals surface area contributed by atoms with E-state index in [0.29, 0.717) is 19.4 Å². The summed E-state index contributed by atoms with van der Waals surface area (Å²) in [6.07, 6.45) is 3.88. The number of ether oxygens (including phenoxy) is 1. The van der Waals surface area contributed by atoms with Crippen molar-refractivity contribution in [2.45, 2.75) is 51.6 Å². The molecule has 23 heavy (non-hydrogen) atoms. The number of nitrogens with zero attached hydrogens (tertiary/aromatic N) is 1. The van der Waals surface area contributed by atoms with E-state index in [2.05, 4.69) is 17.0 Å². The third-order valence-electron chi connectivity index (χ3n) is 4.31. The van der Waals surface area contributed by atoms with Gasteiger partial charge in [-0.25, -0.2) is 0 Å². The third kappa shape index (κ3) is 5.06. The number of benzene rings is 1. The highest BCUT2D eigenvalue weighted by atomic mass is 16.5. The third-order valence-corrected chi connectivity index (χ3v) is 4.31. The molecular formula is C18H26N2O3. The predicted molar refractivity (Wildman–Crippen MR) is 88.6 cm³/mol. The molecule has 1 atom stereocenters. The molecule has 0 saturated carbocycles. The second kappa shape index (κ2) is 8.67. The van der Waals surface area contributed by atoms with Gasteiger partial charge in [-0.2, -0.15) is 0 Å². The van der Waals surface area contributed by atoms with Crippen molar-refractivity contribution in [3.63, 3.8) is 0 Å². The number of esters is 1. The van der Waals surface area contributed by atoms with Crippen LogP contribution < -0.4 is 5.73 Å². The Kier molecular flexibility index (Phi) is 6.59. The van der Waals surface area contributed by atoms with E-state index in [9.17, 15) is 9.59 Å². The number of unbranched alkanes of at least 4 members (excludes halogenated alkanes) is 2. The molecule has 1 aromatic carbocycles. The molecule has 2 rings (SSSR count). The summed E-state index contributed by atoms with van der Waals surface area (Å²) in [6, 6.07) is 7.99. The highest BCUT2D eigenvalue weighted by molar-refractivity contribution is 5.80. The van der Waals surface area contributed by atoms with E-state index in [1.807, 2.05) is 19.1 Å². The molecular weight excluding hydrogens is 292 g/mol. The molecule has 0 unspecified atom stereocenters. The summed E-state index contributed by atoms with van der Waals surface area (Å²) in [5.74, 6) is -0.388. The number of hydrogen-bond acceptors (Lipinski definition) is 4. The number of carbonyl (C=O) groups is 2. The van der Waals surface area contributed by atoms with Gasteiger partial charge in [-0.3, -0.25) is 14.5 Å². The van der Waals surface area contributed by atoms with E-state index in [0.717, 1.165) is 32.4 Å². The molecule has 5 heteroatoms. The van der Waals surface area contributed by atoms with Crippen LogP contribution in [0.25, 0.3) is 0 Å². The van der Waals surface area contributed by atoms with E-state index < -0.39 is 0 Å². The quantitative estimate of drug-likeness (QED) is 0.588. The van der Waals surface area contributed by atoms with E-state index >= 15 is 0 Å². The highest BCUT2D eigenvalue weighted by Crippen LogP contribution is 2.23. The van der Waals surface area contributed by atoms with Crippen LogP contribution in [0.3, 0.4) is 0 Å². The van der Waals surface area contributed by atoms with E-state index in [1.165, 1.54) is 11.1 Å². The highest BCUT2D eigenvalue weighted by Gasteiger charge is 2.29. The van der Waals surface area contributed by atoms with Gasteiger partial charge in [-0.15, -0.1) is 0 Å². The molecule has 0 aromatic heterocycles. The van der Waals surface area contributed by atoms with Crippen molar-refractivity contribution in [3.05, 3.63) is 35.4 Å². The fraction of sp³-hybridized carbons (Fsp3) is 0.556. The largest absolute Gasteiger partial charge is 0.466 e. The maximum absolute atomic E-state index is 11.7. The van der Waals surface area contributed by atoms with Crippen molar-refractivity contribution in [3.8, 4) is 0 Å². The fourth-order valence-electron chi connectivity index (χ4n) is 3.09. The van der Waals surface area contributed by atoms with Crippen LogP contribution in [0.4, 0.5) is 0 Å². The van der Waals surface area contributed by atoms with Gasteiger partial charge < -0.3 is 10.5 Å². The first-order chi connectivity index (χ1) is 11.1. The van der Waals surface area contributed by atoms with Crippen LogP contribution in [0.5, 0.6) is 0 Å². The molecule has 1 amide bonds. The zero-order valence-corrected chi connectivity index (χ0v) is 13.8. The SMILES string of the molecule is CCOC(=O)CCCCCN1Cc2ccccc2C[C@H]1C(N)=O. The zero-order valence-electron chi connectivity index (χ0n) is 13.8. The van der Waals surface area contributed by atoms with Crippen molar-refractivity contribution < 1.29 is 14.3 Å². The summed E-state index contributed by atoms with van der Waals surface area (Å²) in [5, 5.41) is 0. The summed E-state index contributed by atoms with van der Waals surface area (Å²) in [4.78, 5) is 25.2. The van der Waals surface area contributed by atoms with Gasteiger partial charge in [0.15, 0.2) is 0 Å². The maximum atomic E-state index is 11.7. The lowest BCUT2D eigenvalue weighted by Crippen LogP contribution is -2.48. The van der Waals surface area contributed by atoms with Gasteiger partial charge in [0.05, 0.1) is 12.6 Å². The van der Waals surface area contributed by atoms with Gasteiger partial charge in [0, 0.05) is 13.0 Å². The van der Waals surface area contributed by atoms with Crippen molar-refractivity contribution in [2.24, 2.45) is 5.73 Å². The van der Waals surface area contributed by atoms with E-state index in [-0.39, 0.29) is 17.9 Å². The lowest BCUT2D eigenvalue weighted by molar-refractivity contribution is -0.143. The number of rotatable bonds is 8. The molecule has 1 heterocycles. The Morgan fingerprint density at radius 1 is 1.22 bits per heavy atom. The predicted octanol–water partition coefficient (Wildman–Crippen LogP) is 2.02. The fourth-order valence-corrected chi connectivity index (χ4v) is 3.09. The van der Waals surface area contributed by atoms with Crippen molar-refractivity contribution in [1.29, 1.82) is 0 Å². The minimum atomic E-state index is -0.258. The Labute approximate surface area is 137 Å². The van der Waals surface area contributed by atoms with Gasteiger partial charge >= 0.3 is 5.97 Å². The summed E-state index contributed by atoms with van der Waals surface area (Å²) in [5.41, 5.74) is 8.07. The van der Waals surface area contributed by atoms with Crippen molar-refractivity contribution >= 4 is 11.9 Å². The summed E-state index contributed by atoms with van der Waals surface area (Å²) >= 11 is 0. The molecule has 0 saturated heterocycles. The lowest BCUT2D eigenvalue weighted by atomic mass is 9.93. The van der Waals surface area contributed by atoms with Crippen LogP contribution in [0.1, 0.15) is 43.7 Å². The molecule has 5 nitrogen and oxygen atoms in total. The second-order valence-corrected chi connectivity index (χ2v) is 5.98. The van der Waals surface area contributed by atoms with Crippen LogP contribution in [0.15, 0.2) is 24.3 Å².